The molecule has 7 nitrogen and oxygen atoms in total. The van der Waals surface area contributed by atoms with Gasteiger partial charge in [-0.05, 0) is 13.0 Å². The van der Waals surface area contributed by atoms with Crippen molar-refractivity contribution in [3.63, 3.8) is 0 Å². The van der Waals surface area contributed by atoms with Crippen LogP contribution in [-0.4, -0.2) is 65.1 Å². The highest BCUT2D eigenvalue weighted by atomic mass is 32.1. The fraction of sp³-hybridized carbons (Fsp3) is 0.600. The van der Waals surface area contributed by atoms with E-state index in [1.807, 2.05) is 6.07 Å². The summed E-state index contributed by atoms with van der Waals surface area (Å²) in [6.07, 6.45) is 4.47. The summed E-state index contributed by atoms with van der Waals surface area (Å²) in [5.74, 6) is 1.80. The van der Waals surface area contributed by atoms with Crippen molar-refractivity contribution < 1.29 is 0 Å². The molecule has 1 aliphatic rings. The topological polar surface area (TPSA) is 69.5 Å². The number of anilines is 1. The van der Waals surface area contributed by atoms with Crippen molar-refractivity contribution in [1.82, 2.24) is 25.2 Å². The molecule has 0 aliphatic carbocycles. The van der Waals surface area contributed by atoms with Gasteiger partial charge in [-0.1, -0.05) is 20.8 Å². The van der Waals surface area contributed by atoms with E-state index in [0.717, 1.165) is 62.6 Å². The number of piperazine rings is 1. The molecular formula is C20H31N7S. The number of aliphatic imine (C=N–C) groups is 1. The summed E-state index contributed by atoms with van der Waals surface area (Å²) in [5.41, 5.74) is 1.28. The Morgan fingerprint density at radius 2 is 1.89 bits per heavy atom. The first-order chi connectivity index (χ1) is 13.5. The van der Waals surface area contributed by atoms with Crippen molar-refractivity contribution in [1.29, 1.82) is 0 Å². The molecule has 0 bridgehead atoms. The number of guanidine groups is 1. The van der Waals surface area contributed by atoms with Crippen molar-refractivity contribution in [2.75, 3.05) is 44.2 Å². The van der Waals surface area contributed by atoms with E-state index >= 15 is 0 Å². The Hall–Kier alpha value is -2.22. The Labute approximate surface area is 171 Å². The minimum atomic E-state index is 0.106. The minimum absolute atomic E-state index is 0.106. The Bertz CT molecular complexity index is 758. The van der Waals surface area contributed by atoms with Gasteiger partial charge in [0.15, 0.2) is 5.96 Å². The molecule has 1 fully saturated rings. The van der Waals surface area contributed by atoms with Gasteiger partial charge in [-0.25, -0.2) is 15.0 Å². The van der Waals surface area contributed by atoms with Crippen molar-refractivity contribution in [3.05, 3.63) is 34.5 Å². The summed E-state index contributed by atoms with van der Waals surface area (Å²) in [6, 6.07) is 1.85. The molecule has 2 aromatic rings. The van der Waals surface area contributed by atoms with Crippen molar-refractivity contribution in [2.24, 2.45) is 4.99 Å². The lowest BCUT2D eigenvalue weighted by Crippen LogP contribution is -2.53. The first-order valence-corrected chi connectivity index (χ1v) is 10.9. The van der Waals surface area contributed by atoms with E-state index in [1.165, 1.54) is 5.69 Å². The van der Waals surface area contributed by atoms with Gasteiger partial charge < -0.3 is 15.1 Å². The highest BCUT2D eigenvalue weighted by molar-refractivity contribution is 7.09. The lowest BCUT2D eigenvalue weighted by atomic mass is 9.93. The number of aromatic nitrogens is 3. The summed E-state index contributed by atoms with van der Waals surface area (Å²) < 4.78 is 0. The molecule has 0 unspecified atom stereocenters. The molecule has 1 N–H and O–H groups in total. The van der Waals surface area contributed by atoms with Gasteiger partial charge in [0.1, 0.15) is 0 Å². The average molecular weight is 402 g/mol. The summed E-state index contributed by atoms with van der Waals surface area (Å²) in [4.78, 5) is 22.9. The number of hydrogen-bond acceptors (Lipinski definition) is 6. The Morgan fingerprint density at radius 1 is 1.18 bits per heavy atom. The highest BCUT2D eigenvalue weighted by Gasteiger charge is 2.21. The second-order valence-electron chi connectivity index (χ2n) is 7.89. The summed E-state index contributed by atoms with van der Waals surface area (Å²) in [5, 5.41) is 6.77. The molecule has 0 radical (unpaired) electrons. The normalized spacial score (nSPS) is 15.8. The maximum atomic E-state index is 4.85. The molecule has 0 saturated carbocycles. The van der Waals surface area contributed by atoms with Crippen LogP contribution in [0, 0.1) is 0 Å². The lowest BCUT2D eigenvalue weighted by molar-refractivity contribution is 0.370. The fourth-order valence-electron chi connectivity index (χ4n) is 3.03. The van der Waals surface area contributed by atoms with Crippen LogP contribution < -0.4 is 10.2 Å². The minimum Gasteiger partial charge on any atom is -0.357 e. The van der Waals surface area contributed by atoms with Crippen molar-refractivity contribution in [3.8, 4) is 0 Å². The second kappa shape index (κ2) is 9.32. The van der Waals surface area contributed by atoms with Crippen LogP contribution >= 0.6 is 11.3 Å². The van der Waals surface area contributed by atoms with Gasteiger partial charge in [0.05, 0.1) is 10.7 Å². The summed E-state index contributed by atoms with van der Waals surface area (Å²) in [7, 11) is 0. The number of hydrogen-bond donors (Lipinski definition) is 1. The predicted molar refractivity (Wildman–Crippen MR) is 116 cm³/mol. The molecule has 0 atom stereocenters. The van der Waals surface area contributed by atoms with Crippen LogP contribution in [0.25, 0.3) is 0 Å². The van der Waals surface area contributed by atoms with Gasteiger partial charge in [0.2, 0.25) is 5.95 Å². The van der Waals surface area contributed by atoms with Crippen LogP contribution in [0.15, 0.2) is 28.8 Å². The van der Waals surface area contributed by atoms with Crippen LogP contribution in [0.1, 0.15) is 38.4 Å². The van der Waals surface area contributed by atoms with E-state index in [9.17, 15) is 0 Å². The van der Waals surface area contributed by atoms with Gasteiger partial charge in [-0.15, -0.1) is 11.3 Å². The number of thiazole rings is 1. The molecule has 0 spiro atoms. The zero-order valence-electron chi connectivity index (χ0n) is 17.4. The van der Waals surface area contributed by atoms with E-state index in [2.05, 4.69) is 58.2 Å². The van der Waals surface area contributed by atoms with Gasteiger partial charge >= 0.3 is 0 Å². The van der Waals surface area contributed by atoms with Gasteiger partial charge in [-0.2, -0.15) is 0 Å². The van der Waals surface area contributed by atoms with E-state index < -0.39 is 0 Å². The Balaban J connectivity index is 1.55. The highest BCUT2D eigenvalue weighted by Crippen LogP contribution is 2.24. The number of nitrogens with zero attached hydrogens (tertiary/aromatic N) is 6. The van der Waals surface area contributed by atoms with Crippen molar-refractivity contribution >= 4 is 23.2 Å². The predicted octanol–water partition coefficient (Wildman–Crippen LogP) is 2.56. The molecule has 1 saturated heterocycles. The molecule has 2 aromatic heterocycles. The second-order valence-corrected chi connectivity index (χ2v) is 8.83. The van der Waals surface area contributed by atoms with Crippen LogP contribution in [-0.2, 0) is 11.8 Å². The molecule has 3 rings (SSSR count). The number of nitrogens with one attached hydrogen (secondary N) is 1. The van der Waals surface area contributed by atoms with Crippen LogP contribution in [0.3, 0.4) is 0 Å². The molecular weight excluding hydrogens is 370 g/mol. The maximum absolute atomic E-state index is 4.85. The van der Waals surface area contributed by atoms with E-state index in [1.54, 1.807) is 23.7 Å². The smallest absolute Gasteiger partial charge is 0.225 e. The molecule has 28 heavy (non-hydrogen) atoms. The molecule has 0 aromatic carbocycles. The fourth-order valence-corrected chi connectivity index (χ4v) is 4.04. The van der Waals surface area contributed by atoms with E-state index in [4.69, 9.17) is 9.98 Å². The maximum Gasteiger partial charge on any atom is 0.225 e. The molecule has 0 amide bonds. The molecule has 8 heteroatoms. The first kappa shape index (κ1) is 20.5. The average Bonchev–Trinajstić information content (AvgIpc) is 3.18. The standard InChI is InChI=1S/C20H31N7S/c1-5-21-18(24-10-7-17-25-16(15-28-17)20(2,3)4)26-11-13-27(14-12-26)19-22-8-6-9-23-19/h6,8-9,15H,5,7,10-14H2,1-4H3,(H,21,24). The molecule has 3 heterocycles. The van der Waals surface area contributed by atoms with E-state index in [0.29, 0.717) is 0 Å². The zero-order chi connectivity index (χ0) is 20.0. The number of rotatable bonds is 5. The third-order valence-electron chi connectivity index (χ3n) is 4.66. The monoisotopic (exact) mass is 401 g/mol. The van der Waals surface area contributed by atoms with Gasteiger partial charge in [-0.3, -0.25) is 4.99 Å². The van der Waals surface area contributed by atoms with Gasteiger partial charge in [0.25, 0.3) is 0 Å². The van der Waals surface area contributed by atoms with Crippen LogP contribution in [0.5, 0.6) is 0 Å². The SMILES string of the molecule is CCNC(=NCCc1nc(C(C)(C)C)cs1)N1CCN(c2ncccn2)CC1. The van der Waals surface area contributed by atoms with Crippen LogP contribution in [0.2, 0.25) is 0 Å². The zero-order valence-corrected chi connectivity index (χ0v) is 18.2. The molecule has 152 valence electrons. The quantitative estimate of drug-likeness (QED) is 0.613. The third-order valence-corrected chi connectivity index (χ3v) is 5.57. The Kier molecular flexibility index (Phi) is 6.83. The van der Waals surface area contributed by atoms with E-state index in [-0.39, 0.29) is 5.41 Å². The Morgan fingerprint density at radius 3 is 2.50 bits per heavy atom. The third kappa shape index (κ3) is 5.41. The summed E-state index contributed by atoms with van der Waals surface area (Å²) >= 11 is 1.74. The molecule has 1 aliphatic heterocycles. The van der Waals surface area contributed by atoms with Gasteiger partial charge in [0, 0.05) is 68.9 Å². The largest absolute Gasteiger partial charge is 0.357 e. The van der Waals surface area contributed by atoms with Crippen LogP contribution in [0.4, 0.5) is 5.95 Å². The lowest BCUT2D eigenvalue weighted by Gasteiger charge is -2.36. The van der Waals surface area contributed by atoms with Crippen molar-refractivity contribution in [2.45, 2.75) is 39.5 Å². The summed E-state index contributed by atoms with van der Waals surface area (Å²) in [6.45, 7) is 14.0. The first-order valence-electron chi connectivity index (χ1n) is 9.97.